The fraction of sp³-hybridized carbons (Fsp3) is 0.125. The maximum atomic E-state index is 12.5. The van der Waals surface area contributed by atoms with Gasteiger partial charge < -0.3 is 0 Å². The molecule has 3 aromatic rings. The molecule has 0 saturated heterocycles. The van der Waals surface area contributed by atoms with E-state index in [-0.39, 0.29) is 15.5 Å². The van der Waals surface area contributed by atoms with Gasteiger partial charge in [0.25, 0.3) is 5.91 Å². The van der Waals surface area contributed by atoms with Gasteiger partial charge in [-0.3, -0.25) is 10.1 Å². The predicted molar refractivity (Wildman–Crippen MR) is 99.9 cm³/mol. The van der Waals surface area contributed by atoms with Crippen molar-refractivity contribution in [2.45, 2.75) is 4.90 Å². The summed E-state index contributed by atoms with van der Waals surface area (Å²) in [4.78, 5) is 16.7. The second kappa shape index (κ2) is 6.72. The van der Waals surface area contributed by atoms with Crippen LogP contribution in [0.4, 0.5) is 5.13 Å². The van der Waals surface area contributed by atoms with E-state index in [1.54, 1.807) is 0 Å². The quantitative estimate of drug-likeness (QED) is 0.733. The standard InChI is InChI=1S/C16H14ClN3O3S2/c1-20(2)25(22,23)14-9-10(7-8-11(14)17)15(21)19-16-18-12-5-3-4-6-13(12)24-16/h3-9H,1-2H3,(H,18,19,21). The summed E-state index contributed by atoms with van der Waals surface area (Å²) in [5.74, 6) is -0.453. The smallest absolute Gasteiger partial charge is 0.257 e. The molecule has 130 valence electrons. The van der Waals surface area contributed by atoms with Crippen LogP contribution >= 0.6 is 22.9 Å². The second-order valence-electron chi connectivity index (χ2n) is 5.37. The molecule has 0 saturated carbocycles. The summed E-state index contributed by atoms with van der Waals surface area (Å²) in [7, 11) is -0.944. The third-order valence-corrected chi connectivity index (χ3v) is 6.71. The number of amides is 1. The molecule has 9 heteroatoms. The number of rotatable bonds is 4. The minimum absolute atomic E-state index is 0.0604. The number of anilines is 1. The van der Waals surface area contributed by atoms with Crippen LogP contribution in [0.15, 0.2) is 47.4 Å². The van der Waals surface area contributed by atoms with Crippen LogP contribution in [0.25, 0.3) is 10.2 Å². The molecule has 1 heterocycles. The number of hydrogen-bond acceptors (Lipinski definition) is 5. The van der Waals surface area contributed by atoms with Crippen molar-refractivity contribution in [1.82, 2.24) is 9.29 Å². The molecule has 0 fully saturated rings. The summed E-state index contributed by atoms with van der Waals surface area (Å²) in [5, 5.41) is 3.20. The minimum atomic E-state index is -3.75. The van der Waals surface area contributed by atoms with Crippen LogP contribution in [0, 0.1) is 0 Å². The van der Waals surface area contributed by atoms with Crippen molar-refractivity contribution in [3.8, 4) is 0 Å². The summed E-state index contributed by atoms with van der Waals surface area (Å²) < 4.78 is 26.6. The Hall–Kier alpha value is -2.00. The van der Waals surface area contributed by atoms with Gasteiger partial charge >= 0.3 is 0 Å². The van der Waals surface area contributed by atoms with E-state index in [1.807, 2.05) is 24.3 Å². The molecule has 3 rings (SSSR count). The first-order chi connectivity index (χ1) is 11.8. The highest BCUT2D eigenvalue weighted by molar-refractivity contribution is 7.89. The number of thiazole rings is 1. The van der Waals surface area contributed by atoms with Crippen LogP contribution in [0.3, 0.4) is 0 Å². The Bertz CT molecular complexity index is 1030. The van der Waals surface area contributed by atoms with Gasteiger partial charge in [-0.05, 0) is 30.3 Å². The summed E-state index contributed by atoms with van der Waals surface area (Å²) in [6.07, 6.45) is 0. The zero-order valence-corrected chi connectivity index (χ0v) is 15.7. The largest absolute Gasteiger partial charge is 0.298 e. The molecule has 1 aromatic heterocycles. The van der Waals surface area contributed by atoms with Crippen LogP contribution in [-0.4, -0.2) is 37.7 Å². The number of carbonyl (C=O) groups excluding carboxylic acids is 1. The Morgan fingerprint density at radius 3 is 2.60 bits per heavy atom. The van der Waals surface area contributed by atoms with Gasteiger partial charge in [-0.15, -0.1) is 0 Å². The monoisotopic (exact) mass is 395 g/mol. The number of carbonyl (C=O) groups is 1. The fourth-order valence-electron chi connectivity index (χ4n) is 2.13. The number of aromatic nitrogens is 1. The van der Waals surface area contributed by atoms with Crippen molar-refractivity contribution in [1.29, 1.82) is 0 Å². The first-order valence-corrected chi connectivity index (χ1v) is 9.81. The lowest BCUT2D eigenvalue weighted by molar-refractivity contribution is 0.102. The predicted octanol–water partition coefficient (Wildman–Crippen LogP) is 3.45. The van der Waals surface area contributed by atoms with E-state index < -0.39 is 15.9 Å². The number of nitrogens with zero attached hydrogens (tertiary/aromatic N) is 2. The number of fused-ring (bicyclic) bond motifs is 1. The molecule has 0 aliphatic carbocycles. The van der Waals surface area contributed by atoms with Crippen molar-refractivity contribution >= 4 is 54.2 Å². The molecule has 1 amide bonds. The first kappa shape index (κ1) is 17.8. The SMILES string of the molecule is CN(C)S(=O)(=O)c1cc(C(=O)Nc2nc3ccccc3s2)ccc1Cl. The zero-order chi connectivity index (χ0) is 18.2. The highest BCUT2D eigenvalue weighted by atomic mass is 35.5. The van der Waals surface area contributed by atoms with E-state index in [4.69, 9.17) is 11.6 Å². The number of hydrogen-bond donors (Lipinski definition) is 1. The molecule has 0 bridgehead atoms. The average Bonchev–Trinajstić information content (AvgIpc) is 2.96. The highest BCUT2D eigenvalue weighted by Gasteiger charge is 2.22. The van der Waals surface area contributed by atoms with Gasteiger partial charge in [-0.2, -0.15) is 0 Å². The van der Waals surface area contributed by atoms with Crippen LogP contribution in [-0.2, 0) is 10.0 Å². The Morgan fingerprint density at radius 2 is 1.92 bits per heavy atom. The molecule has 0 unspecified atom stereocenters. The van der Waals surface area contributed by atoms with E-state index in [2.05, 4.69) is 10.3 Å². The van der Waals surface area contributed by atoms with Crippen LogP contribution in [0.2, 0.25) is 5.02 Å². The lowest BCUT2D eigenvalue weighted by Crippen LogP contribution is -2.23. The fourth-order valence-corrected chi connectivity index (χ4v) is 4.39. The summed E-state index contributed by atoms with van der Waals surface area (Å²) in [5.41, 5.74) is 0.971. The van der Waals surface area contributed by atoms with E-state index in [0.717, 1.165) is 14.5 Å². The molecule has 0 atom stereocenters. The molecule has 1 N–H and O–H groups in total. The number of benzene rings is 2. The molecule has 0 spiro atoms. The molecule has 0 radical (unpaired) electrons. The number of nitrogens with one attached hydrogen (secondary N) is 1. The van der Waals surface area contributed by atoms with E-state index in [9.17, 15) is 13.2 Å². The van der Waals surface area contributed by atoms with Crippen LogP contribution < -0.4 is 5.32 Å². The molecule has 2 aromatic carbocycles. The maximum Gasteiger partial charge on any atom is 0.257 e. The third-order valence-electron chi connectivity index (χ3n) is 3.47. The van der Waals surface area contributed by atoms with Gasteiger partial charge in [0.2, 0.25) is 10.0 Å². The summed E-state index contributed by atoms with van der Waals surface area (Å²) in [6, 6.07) is 11.7. The van der Waals surface area contributed by atoms with Crippen molar-refractivity contribution in [3.63, 3.8) is 0 Å². The van der Waals surface area contributed by atoms with E-state index in [0.29, 0.717) is 5.13 Å². The molecule has 25 heavy (non-hydrogen) atoms. The van der Waals surface area contributed by atoms with Crippen molar-refractivity contribution in [2.24, 2.45) is 0 Å². The van der Waals surface area contributed by atoms with Crippen molar-refractivity contribution < 1.29 is 13.2 Å². The van der Waals surface area contributed by atoms with Crippen molar-refractivity contribution in [2.75, 3.05) is 19.4 Å². The van der Waals surface area contributed by atoms with Gasteiger partial charge in [-0.25, -0.2) is 17.7 Å². The molecule has 0 aliphatic heterocycles. The lowest BCUT2D eigenvalue weighted by atomic mass is 10.2. The topological polar surface area (TPSA) is 79.4 Å². The Kier molecular flexibility index (Phi) is 4.79. The molecule has 0 aliphatic rings. The first-order valence-electron chi connectivity index (χ1n) is 7.18. The van der Waals surface area contributed by atoms with Gasteiger partial charge in [0.15, 0.2) is 5.13 Å². The number of para-hydroxylation sites is 1. The van der Waals surface area contributed by atoms with Crippen LogP contribution in [0.5, 0.6) is 0 Å². The highest BCUT2D eigenvalue weighted by Crippen LogP contribution is 2.27. The van der Waals surface area contributed by atoms with Crippen molar-refractivity contribution in [3.05, 3.63) is 53.1 Å². The maximum absolute atomic E-state index is 12.5. The second-order valence-corrected chi connectivity index (χ2v) is 8.93. The number of sulfonamides is 1. The number of halogens is 1. The Morgan fingerprint density at radius 1 is 1.20 bits per heavy atom. The van der Waals surface area contributed by atoms with Gasteiger partial charge in [0.05, 0.1) is 15.2 Å². The Labute approximate surface area is 154 Å². The van der Waals surface area contributed by atoms with E-state index in [1.165, 1.54) is 43.6 Å². The minimum Gasteiger partial charge on any atom is -0.298 e. The average molecular weight is 396 g/mol. The van der Waals surface area contributed by atoms with Crippen LogP contribution in [0.1, 0.15) is 10.4 Å². The van der Waals surface area contributed by atoms with Gasteiger partial charge in [0.1, 0.15) is 4.90 Å². The molecule has 6 nitrogen and oxygen atoms in total. The third kappa shape index (κ3) is 3.52. The lowest BCUT2D eigenvalue weighted by Gasteiger charge is -2.13. The molecular formula is C16H14ClN3O3S2. The zero-order valence-electron chi connectivity index (χ0n) is 13.4. The summed E-state index contributed by atoms with van der Waals surface area (Å²) in [6.45, 7) is 0. The normalized spacial score (nSPS) is 11.8. The van der Waals surface area contributed by atoms with Gasteiger partial charge in [-0.1, -0.05) is 35.1 Å². The van der Waals surface area contributed by atoms with E-state index >= 15 is 0 Å². The Balaban J connectivity index is 1.92. The molecular weight excluding hydrogens is 382 g/mol. The summed E-state index contributed by atoms with van der Waals surface area (Å²) >= 11 is 7.34. The van der Waals surface area contributed by atoms with Gasteiger partial charge in [0, 0.05) is 19.7 Å².